The first-order valence-electron chi connectivity index (χ1n) is 10.0. The topological polar surface area (TPSA) is 76.4 Å². The van der Waals surface area contributed by atoms with Crippen LogP contribution >= 0.6 is 24.2 Å². The summed E-state index contributed by atoms with van der Waals surface area (Å²) >= 11 is 9.65. The largest absolute Gasteiger partial charge is 0.481 e. The number of fused-ring (bicyclic) bond motifs is 3. The van der Waals surface area contributed by atoms with Crippen molar-refractivity contribution in [1.82, 2.24) is 4.57 Å². The first-order chi connectivity index (χ1) is 14.5. The molecular formula is C23H26ClNO4S2. The first-order valence-corrected chi connectivity index (χ1v) is 12.7. The minimum atomic E-state index is -3.29. The molecule has 0 bridgehead atoms. The molecule has 0 saturated carbocycles. The average Bonchev–Trinajstić information content (AvgIpc) is 3.22. The highest BCUT2D eigenvalue weighted by Gasteiger charge is 2.28. The van der Waals surface area contributed by atoms with E-state index in [1.54, 1.807) is 12.1 Å². The summed E-state index contributed by atoms with van der Waals surface area (Å²) in [5.74, 6) is -0.600. The highest BCUT2D eigenvalue weighted by Crippen LogP contribution is 2.39. The van der Waals surface area contributed by atoms with Crippen molar-refractivity contribution >= 4 is 50.9 Å². The Hall–Kier alpha value is -1.96. The van der Waals surface area contributed by atoms with E-state index in [0.29, 0.717) is 4.90 Å². The summed E-state index contributed by atoms with van der Waals surface area (Å²) in [6.07, 6.45) is 2.13. The Labute approximate surface area is 193 Å². The normalized spacial score (nSPS) is 15.6. The van der Waals surface area contributed by atoms with E-state index in [1.807, 2.05) is 38.1 Å². The third-order valence-corrected chi connectivity index (χ3v) is 7.12. The molecule has 0 amide bonds. The van der Waals surface area contributed by atoms with Crippen LogP contribution in [0, 0.1) is 0 Å². The van der Waals surface area contributed by atoms with E-state index in [1.165, 1.54) is 6.26 Å². The van der Waals surface area contributed by atoms with Crippen LogP contribution in [0.3, 0.4) is 0 Å². The molecular weight excluding hydrogens is 454 g/mol. The van der Waals surface area contributed by atoms with Gasteiger partial charge < -0.3 is 9.67 Å². The van der Waals surface area contributed by atoms with Gasteiger partial charge in [0.1, 0.15) is 0 Å². The minimum absolute atomic E-state index is 0.00148. The van der Waals surface area contributed by atoms with Crippen LogP contribution in [0.2, 0.25) is 5.02 Å². The number of aliphatic carboxylic acids is 1. The molecule has 0 spiro atoms. The third kappa shape index (κ3) is 5.45. The van der Waals surface area contributed by atoms with Gasteiger partial charge in [-0.3, -0.25) is 4.79 Å². The summed E-state index contributed by atoms with van der Waals surface area (Å²) in [5, 5.41) is 10.9. The Balaban J connectivity index is 0.000000287. The molecule has 31 heavy (non-hydrogen) atoms. The average molecular weight is 480 g/mol. The Morgan fingerprint density at radius 1 is 1.23 bits per heavy atom. The molecule has 0 fully saturated rings. The molecule has 0 aliphatic carbocycles. The molecule has 1 aliphatic rings. The van der Waals surface area contributed by atoms with E-state index < -0.39 is 15.8 Å². The number of benzene rings is 2. The zero-order valence-corrected chi connectivity index (χ0v) is 20.1. The molecule has 1 N–H and O–H groups in total. The summed E-state index contributed by atoms with van der Waals surface area (Å²) in [6, 6.07) is 12.9. The van der Waals surface area contributed by atoms with Crippen LogP contribution in [0.25, 0.3) is 10.9 Å². The maximum atomic E-state index is 12.0. The van der Waals surface area contributed by atoms with E-state index >= 15 is 0 Å². The molecule has 166 valence electrons. The van der Waals surface area contributed by atoms with Gasteiger partial charge in [0, 0.05) is 45.2 Å². The summed E-state index contributed by atoms with van der Waals surface area (Å²) < 4.78 is 26.1. The van der Waals surface area contributed by atoms with Crippen molar-refractivity contribution in [1.29, 1.82) is 0 Å². The van der Waals surface area contributed by atoms with Gasteiger partial charge in [0.2, 0.25) is 0 Å². The molecule has 1 aromatic heterocycles. The fourth-order valence-corrected chi connectivity index (χ4v) is 4.89. The van der Waals surface area contributed by atoms with Crippen LogP contribution in [0.5, 0.6) is 0 Å². The van der Waals surface area contributed by atoms with Gasteiger partial charge in [-0.1, -0.05) is 25.4 Å². The number of aryl methyl sites for hydroxylation is 1. The SMILES string of the molecule is CC(C)c1cc(S(C)(=O)=O)cc2c1cc1n2CCC1CC(=O)O.Sc1ccc(Cl)cc1. The molecule has 3 aromatic rings. The van der Waals surface area contributed by atoms with Crippen molar-refractivity contribution in [2.45, 2.75) is 54.9 Å². The number of nitrogens with zero attached hydrogens (tertiary/aromatic N) is 1. The van der Waals surface area contributed by atoms with Gasteiger partial charge in [-0.25, -0.2) is 8.42 Å². The van der Waals surface area contributed by atoms with Gasteiger partial charge in [0.15, 0.2) is 9.84 Å². The van der Waals surface area contributed by atoms with Crippen LogP contribution in [0.15, 0.2) is 52.3 Å². The highest BCUT2D eigenvalue weighted by molar-refractivity contribution is 7.90. The van der Waals surface area contributed by atoms with Crippen molar-refractivity contribution in [3.05, 3.63) is 58.7 Å². The number of carbonyl (C=O) groups is 1. The van der Waals surface area contributed by atoms with Crippen LogP contribution < -0.4 is 0 Å². The summed E-state index contributed by atoms with van der Waals surface area (Å²) in [4.78, 5) is 12.3. The molecule has 1 atom stereocenters. The second kappa shape index (κ2) is 9.27. The fraction of sp³-hybridized carbons (Fsp3) is 0.348. The number of aromatic nitrogens is 1. The molecule has 2 aromatic carbocycles. The van der Waals surface area contributed by atoms with Gasteiger partial charge in [0.25, 0.3) is 0 Å². The second-order valence-corrected chi connectivity index (χ2v) is 11.1. The molecule has 4 rings (SSSR count). The zero-order valence-electron chi connectivity index (χ0n) is 17.7. The molecule has 1 unspecified atom stereocenters. The van der Waals surface area contributed by atoms with Crippen LogP contribution in [-0.2, 0) is 21.2 Å². The predicted molar refractivity (Wildman–Crippen MR) is 127 cm³/mol. The maximum absolute atomic E-state index is 12.0. The highest BCUT2D eigenvalue weighted by atomic mass is 35.5. The monoisotopic (exact) mass is 479 g/mol. The summed E-state index contributed by atoms with van der Waals surface area (Å²) in [7, 11) is -3.29. The number of carboxylic acids is 1. The van der Waals surface area contributed by atoms with Gasteiger partial charge in [-0.15, -0.1) is 12.6 Å². The number of halogens is 1. The number of hydrogen-bond acceptors (Lipinski definition) is 4. The second-order valence-electron chi connectivity index (χ2n) is 8.15. The number of thiol groups is 1. The Morgan fingerprint density at radius 3 is 2.39 bits per heavy atom. The standard InChI is InChI=1S/C17H21NO4S.C6H5ClS/c1-10(2)13-7-12(23(3,21)22)8-16-14(13)9-15-11(6-17(19)20)4-5-18(15)16;7-5-1-3-6(8)4-2-5/h7-11H,4-6H2,1-3H3,(H,19,20);1-4,8H. The smallest absolute Gasteiger partial charge is 0.304 e. The molecule has 0 radical (unpaired) electrons. The molecule has 5 nitrogen and oxygen atoms in total. The Bertz CT molecular complexity index is 1190. The van der Waals surface area contributed by atoms with Crippen LogP contribution in [0.4, 0.5) is 0 Å². The van der Waals surface area contributed by atoms with Crippen LogP contribution in [0.1, 0.15) is 49.8 Å². The minimum Gasteiger partial charge on any atom is -0.481 e. The molecule has 1 aliphatic heterocycles. The van der Waals surface area contributed by atoms with E-state index in [0.717, 1.165) is 45.0 Å². The quantitative estimate of drug-likeness (QED) is 0.466. The summed E-state index contributed by atoms with van der Waals surface area (Å²) in [6.45, 7) is 4.82. The van der Waals surface area contributed by atoms with Gasteiger partial charge in [-0.2, -0.15) is 0 Å². The van der Waals surface area contributed by atoms with E-state index in [-0.39, 0.29) is 18.3 Å². The van der Waals surface area contributed by atoms with E-state index in [2.05, 4.69) is 23.3 Å². The van der Waals surface area contributed by atoms with Crippen molar-refractivity contribution < 1.29 is 18.3 Å². The molecule has 8 heteroatoms. The van der Waals surface area contributed by atoms with Crippen molar-refractivity contribution in [2.24, 2.45) is 0 Å². The van der Waals surface area contributed by atoms with Crippen molar-refractivity contribution in [3.63, 3.8) is 0 Å². The maximum Gasteiger partial charge on any atom is 0.304 e. The van der Waals surface area contributed by atoms with Gasteiger partial charge in [-0.05, 0) is 60.4 Å². The van der Waals surface area contributed by atoms with Gasteiger partial charge in [0.05, 0.1) is 11.3 Å². The predicted octanol–water partition coefficient (Wildman–Crippen LogP) is 5.76. The third-order valence-electron chi connectivity index (χ3n) is 5.48. The lowest BCUT2D eigenvalue weighted by molar-refractivity contribution is -0.137. The lowest BCUT2D eigenvalue weighted by Gasteiger charge is -2.11. The Kier molecular flexibility index (Phi) is 7.08. The Morgan fingerprint density at radius 2 is 1.87 bits per heavy atom. The van der Waals surface area contributed by atoms with Gasteiger partial charge >= 0.3 is 5.97 Å². The summed E-state index contributed by atoms with van der Waals surface area (Å²) in [5.41, 5.74) is 2.91. The fourth-order valence-electron chi connectivity index (χ4n) is 3.95. The number of sulfone groups is 1. The first kappa shape index (κ1) is 23.7. The number of hydrogen-bond donors (Lipinski definition) is 2. The number of carboxylic acid groups (broad SMARTS) is 1. The molecule has 0 saturated heterocycles. The lowest BCUT2D eigenvalue weighted by Crippen LogP contribution is -2.02. The van der Waals surface area contributed by atoms with E-state index in [4.69, 9.17) is 16.7 Å². The van der Waals surface area contributed by atoms with Crippen molar-refractivity contribution in [2.75, 3.05) is 6.26 Å². The van der Waals surface area contributed by atoms with E-state index in [9.17, 15) is 13.2 Å². The van der Waals surface area contributed by atoms with Crippen molar-refractivity contribution in [3.8, 4) is 0 Å². The zero-order chi connectivity index (χ0) is 22.9. The van der Waals surface area contributed by atoms with Crippen LogP contribution in [-0.4, -0.2) is 30.3 Å². The lowest BCUT2D eigenvalue weighted by atomic mass is 9.96. The number of rotatable bonds is 4. The molecule has 2 heterocycles.